The van der Waals surface area contributed by atoms with Gasteiger partial charge in [0.05, 0.1) is 30.8 Å². The molecule has 1 aliphatic rings. The minimum Gasteiger partial charge on any atom is -0.465 e. The van der Waals surface area contributed by atoms with Crippen molar-refractivity contribution in [3.8, 4) is 5.69 Å². The van der Waals surface area contributed by atoms with Crippen molar-refractivity contribution in [2.24, 2.45) is 17.5 Å². The Balaban J connectivity index is 2.03. The topological polar surface area (TPSA) is 120 Å². The van der Waals surface area contributed by atoms with E-state index in [4.69, 9.17) is 16.3 Å². The quantitative estimate of drug-likeness (QED) is 0.399. The molecule has 3 rings (SSSR count). The van der Waals surface area contributed by atoms with E-state index in [2.05, 4.69) is 5.10 Å². The van der Waals surface area contributed by atoms with Crippen LogP contribution in [0.3, 0.4) is 0 Å². The van der Waals surface area contributed by atoms with E-state index >= 15 is 0 Å². The van der Waals surface area contributed by atoms with Crippen molar-refractivity contribution in [2.75, 3.05) is 14.2 Å². The zero-order valence-electron chi connectivity index (χ0n) is 15.7. The molecule has 2 aromatic rings. The number of aromatic nitrogens is 2. The van der Waals surface area contributed by atoms with Crippen LogP contribution in [0.15, 0.2) is 42.4 Å². The van der Waals surface area contributed by atoms with Gasteiger partial charge in [0, 0.05) is 30.8 Å². The highest BCUT2D eigenvalue weighted by atomic mass is 16.5. The van der Waals surface area contributed by atoms with Gasteiger partial charge in [0.2, 0.25) is 0 Å². The molecule has 1 aromatic heterocycles. The van der Waals surface area contributed by atoms with E-state index in [1.54, 1.807) is 24.9 Å². The third-order valence-corrected chi connectivity index (χ3v) is 4.73. The first-order valence-electron chi connectivity index (χ1n) is 8.72. The number of hydrazine groups is 1. The van der Waals surface area contributed by atoms with E-state index < -0.39 is 12.1 Å². The fourth-order valence-electron chi connectivity index (χ4n) is 3.30. The molecule has 1 saturated carbocycles. The monoisotopic (exact) mass is 371 g/mol. The van der Waals surface area contributed by atoms with Gasteiger partial charge in [-0.3, -0.25) is 0 Å². The fourth-order valence-corrected chi connectivity index (χ4v) is 3.30. The fraction of sp³-hybridized carbons (Fsp3) is 0.368. The van der Waals surface area contributed by atoms with Gasteiger partial charge in [-0.25, -0.2) is 15.3 Å². The molecule has 8 nitrogen and oxygen atoms in total. The molecule has 1 aliphatic carbocycles. The maximum absolute atomic E-state index is 12.3. The third-order valence-electron chi connectivity index (χ3n) is 4.73. The molecule has 0 spiro atoms. The summed E-state index contributed by atoms with van der Waals surface area (Å²) in [5, 5.41) is 15.7. The molecule has 27 heavy (non-hydrogen) atoms. The summed E-state index contributed by atoms with van der Waals surface area (Å²) in [5.41, 5.74) is 9.51. The van der Waals surface area contributed by atoms with Crippen molar-refractivity contribution in [1.82, 2.24) is 14.8 Å². The van der Waals surface area contributed by atoms with E-state index in [1.807, 2.05) is 24.3 Å². The van der Waals surface area contributed by atoms with Crippen LogP contribution in [-0.4, -0.2) is 40.0 Å². The first-order chi connectivity index (χ1) is 12.8. The first kappa shape index (κ1) is 18.9. The van der Waals surface area contributed by atoms with Gasteiger partial charge in [-0.15, -0.1) is 0 Å². The molecule has 0 radical (unpaired) electrons. The molecule has 1 heterocycles. The highest BCUT2D eigenvalue weighted by Gasteiger charge is 2.45. The summed E-state index contributed by atoms with van der Waals surface area (Å²) in [7, 11) is 3.05. The second kappa shape index (κ2) is 7.42. The number of aliphatic hydroxyl groups is 1. The summed E-state index contributed by atoms with van der Waals surface area (Å²) in [6, 6.07) is 7.43. The molecule has 0 bridgehead atoms. The third kappa shape index (κ3) is 3.81. The second-order valence-electron chi connectivity index (χ2n) is 6.86. The summed E-state index contributed by atoms with van der Waals surface area (Å²) in [4.78, 5) is 12.3. The Morgan fingerprint density at radius 3 is 2.89 bits per heavy atom. The number of esters is 1. The minimum atomic E-state index is -0.601. The van der Waals surface area contributed by atoms with Gasteiger partial charge < -0.3 is 20.6 Å². The van der Waals surface area contributed by atoms with Gasteiger partial charge in [-0.05, 0) is 31.0 Å². The number of nitrogens with two attached hydrogens (primary N) is 2. The highest BCUT2D eigenvalue weighted by molar-refractivity contribution is 5.91. The molecular formula is C19H25N5O3. The molecule has 1 aromatic carbocycles. The molecular weight excluding hydrogens is 346 g/mol. The normalized spacial score (nSPS) is 20.3. The number of ether oxygens (including phenoxy) is 1. The largest absolute Gasteiger partial charge is 0.465 e. The average Bonchev–Trinajstić information content (AvgIpc) is 3.31. The van der Waals surface area contributed by atoms with Crippen LogP contribution < -0.4 is 11.6 Å². The lowest BCUT2D eigenvalue weighted by atomic mass is 10.1. The number of carbonyl (C=O) groups excluding carboxylic acids is 1. The summed E-state index contributed by atoms with van der Waals surface area (Å²) in [5.74, 6) is 5.33. The lowest BCUT2D eigenvalue weighted by Gasteiger charge is -2.12. The minimum absolute atomic E-state index is 0.0352. The smallest absolute Gasteiger partial charge is 0.341 e. The summed E-state index contributed by atoms with van der Waals surface area (Å²) < 4.78 is 6.64. The van der Waals surface area contributed by atoms with Crippen LogP contribution in [0.5, 0.6) is 0 Å². The van der Waals surface area contributed by atoms with Crippen molar-refractivity contribution in [2.45, 2.75) is 25.4 Å². The van der Waals surface area contributed by atoms with E-state index in [-0.39, 0.29) is 11.8 Å². The SMILES string of the molecule is COC(=O)c1cnn(-c2cccc(C(C)O)c2)c1[C@@H]1CC1/C(N)=C/N(C)N. The number of hydrogen-bond donors (Lipinski definition) is 3. The maximum Gasteiger partial charge on any atom is 0.341 e. The Kier molecular flexibility index (Phi) is 5.20. The Hall–Kier alpha value is -2.84. The number of methoxy groups -OCH3 is 1. The summed E-state index contributed by atoms with van der Waals surface area (Å²) in [6.45, 7) is 1.70. The molecule has 0 amide bonds. The Morgan fingerprint density at radius 1 is 1.52 bits per heavy atom. The number of rotatable bonds is 6. The second-order valence-corrected chi connectivity index (χ2v) is 6.86. The standard InChI is InChI=1S/C19H25N5O3/c1-11(25)12-5-4-6-13(7-12)24-18(16(9-22-24)19(26)27-3)15-8-14(15)17(20)10-23(2)21/h4-7,9-11,14-15,25H,8,20-21H2,1-3H3/b17-10-/t11?,14?,15-/m1/s1. The van der Waals surface area contributed by atoms with E-state index in [0.717, 1.165) is 23.4 Å². The molecule has 0 aliphatic heterocycles. The molecule has 0 saturated heterocycles. The molecule has 1 fully saturated rings. The number of carbonyl (C=O) groups is 1. The lowest BCUT2D eigenvalue weighted by molar-refractivity contribution is 0.0599. The molecule has 144 valence electrons. The number of aliphatic hydroxyl groups excluding tert-OH is 1. The predicted molar refractivity (Wildman–Crippen MR) is 101 cm³/mol. The Bertz CT molecular complexity index is 872. The van der Waals surface area contributed by atoms with Gasteiger partial charge in [-0.2, -0.15) is 5.10 Å². The number of benzene rings is 1. The Labute approximate surface area is 158 Å². The molecule has 8 heteroatoms. The van der Waals surface area contributed by atoms with Crippen LogP contribution in [0.1, 0.15) is 47.0 Å². The van der Waals surface area contributed by atoms with Gasteiger partial charge in [0.15, 0.2) is 0 Å². The Morgan fingerprint density at radius 2 is 2.26 bits per heavy atom. The average molecular weight is 371 g/mol. The zero-order chi connectivity index (χ0) is 19.7. The zero-order valence-corrected chi connectivity index (χ0v) is 15.7. The first-order valence-corrected chi connectivity index (χ1v) is 8.72. The van der Waals surface area contributed by atoms with Crippen molar-refractivity contribution in [3.63, 3.8) is 0 Å². The number of nitrogens with zero attached hydrogens (tertiary/aromatic N) is 3. The van der Waals surface area contributed by atoms with E-state index in [0.29, 0.717) is 11.3 Å². The van der Waals surface area contributed by atoms with Crippen LogP contribution in [0, 0.1) is 5.92 Å². The molecule has 5 N–H and O–H groups in total. The van der Waals surface area contributed by atoms with Crippen molar-refractivity contribution in [3.05, 3.63) is 59.2 Å². The van der Waals surface area contributed by atoms with Crippen molar-refractivity contribution >= 4 is 5.97 Å². The van der Waals surface area contributed by atoms with Crippen molar-refractivity contribution < 1.29 is 14.6 Å². The lowest BCUT2D eigenvalue weighted by Crippen LogP contribution is -2.21. The molecule has 3 atom stereocenters. The van der Waals surface area contributed by atoms with Gasteiger partial charge in [0.25, 0.3) is 0 Å². The van der Waals surface area contributed by atoms with Gasteiger partial charge >= 0.3 is 5.97 Å². The van der Waals surface area contributed by atoms with E-state index in [1.165, 1.54) is 18.3 Å². The number of hydrogen-bond acceptors (Lipinski definition) is 7. The van der Waals surface area contributed by atoms with E-state index in [9.17, 15) is 9.90 Å². The van der Waals surface area contributed by atoms with Gasteiger partial charge in [-0.1, -0.05) is 12.1 Å². The molecule has 2 unspecified atom stereocenters. The maximum atomic E-state index is 12.3. The van der Waals surface area contributed by atoms with Gasteiger partial charge in [0.1, 0.15) is 5.56 Å². The predicted octanol–water partition coefficient (Wildman–Crippen LogP) is 1.42. The van der Waals surface area contributed by atoms with Crippen molar-refractivity contribution in [1.29, 1.82) is 0 Å². The van der Waals surface area contributed by atoms with Crippen LogP contribution >= 0.6 is 0 Å². The summed E-state index contributed by atoms with van der Waals surface area (Å²) in [6.07, 6.45) is 3.39. The number of allylic oxidation sites excluding steroid dienone is 1. The van der Waals surface area contributed by atoms with Crippen LogP contribution in [0.2, 0.25) is 0 Å². The summed E-state index contributed by atoms with van der Waals surface area (Å²) >= 11 is 0. The van der Waals surface area contributed by atoms with Crippen LogP contribution in [0.4, 0.5) is 0 Å². The van der Waals surface area contributed by atoms with Crippen LogP contribution in [-0.2, 0) is 4.74 Å². The highest BCUT2D eigenvalue weighted by Crippen LogP contribution is 2.51. The van der Waals surface area contributed by atoms with Crippen LogP contribution in [0.25, 0.3) is 5.69 Å².